The van der Waals surface area contributed by atoms with Crippen LogP contribution in [0.4, 0.5) is 18.9 Å². The van der Waals surface area contributed by atoms with Gasteiger partial charge in [-0.3, -0.25) is 4.79 Å². The highest BCUT2D eigenvalue weighted by Gasteiger charge is 2.31. The number of halogens is 3. The van der Waals surface area contributed by atoms with Gasteiger partial charge in [0.25, 0.3) is 5.91 Å². The van der Waals surface area contributed by atoms with Crippen LogP contribution in [0.15, 0.2) is 54.6 Å². The van der Waals surface area contributed by atoms with Crippen molar-refractivity contribution in [3.8, 4) is 0 Å². The number of anilines is 1. The van der Waals surface area contributed by atoms with Gasteiger partial charge in [-0.15, -0.1) is 0 Å². The molecule has 0 fully saturated rings. The van der Waals surface area contributed by atoms with Crippen LogP contribution < -0.4 is 5.32 Å². The van der Waals surface area contributed by atoms with E-state index < -0.39 is 29.6 Å². The Hall–Kier alpha value is -3.68. The zero-order valence-electron chi connectivity index (χ0n) is 14.0. The molecule has 3 aromatic rings. The number of hydrogen-bond acceptors (Lipinski definition) is 4. The van der Waals surface area contributed by atoms with Gasteiger partial charge in [0.1, 0.15) is 0 Å². The van der Waals surface area contributed by atoms with Crippen LogP contribution in [0.1, 0.15) is 36.6 Å². The van der Waals surface area contributed by atoms with Gasteiger partial charge < -0.3 is 10.1 Å². The normalized spacial score (nSPS) is 13.4. The third kappa shape index (κ3) is 2.98. The molecule has 5 nitrogen and oxygen atoms in total. The number of carbonyl (C=O) groups excluding carboxylic acids is 3. The molecule has 4 rings (SSSR count). The molecule has 1 heterocycles. The maximum atomic E-state index is 12.8. The number of carbonyl (C=O) groups is 3. The number of amides is 1. The summed E-state index contributed by atoms with van der Waals surface area (Å²) in [7, 11) is 0. The van der Waals surface area contributed by atoms with E-state index >= 15 is 0 Å². The van der Waals surface area contributed by atoms with E-state index in [0.29, 0.717) is 10.8 Å². The summed E-state index contributed by atoms with van der Waals surface area (Å²) in [6.07, 6.45) is -4.57. The number of alkyl halides is 3. The molecule has 0 spiro atoms. The first-order valence-corrected chi connectivity index (χ1v) is 8.06. The summed E-state index contributed by atoms with van der Waals surface area (Å²) in [6.45, 7) is 0. The third-order valence-corrected chi connectivity index (χ3v) is 4.31. The van der Waals surface area contributed by atoms with E-state index in [0.717, 1.165) is 18.2 Å². The van der Waals surface area contributed by atoms with Crippen LogP contribution in [0.3, 0.4) is 0 Å². The van der Waals surface area contributed by atoms with Crippen LogP contribution in [0.2, 0.25) is 0 Å². The van der Waals surface area contributed by atoms with Crippen molar-refractivity contribution in [2.45, 2.75) is 6.18 Å². The molecule has 0 radical (unpaired) electrons. The van der Waals surface area contributed by atoms with Crippen molar-refractivity contribution in [2.75, 3.05) is 5.32 Å². The van der Waals surface area contributed by atoms with Crippen molar-refractivity contribution in [2.24, 2.45) is 0 Å². The van der Waals surface area contributed by atoms with Gasteiger partial charge in [-0.2, -0.15) is 13.2 Å². The lowest BCUT2D eigenvalue weighted by Crippen LogP contribution is -2.20. The molecule has 1 aliphatic heterocycles. The fourth-order valence-corrected chi connectivity index (χ4v) is 3.07. The molecule has 1 N–H and O–H groups in total. The molecule has 0 aliphatic carbocycles. The fourth-order valence-electron chi connectivity index (χ4n) is 3.07. The SMILES string of the molecule is O=C(Nc1cc2c3c(cccc3c1)C(=O)OC2=O)c1cccc(C(F)(F)F)c1. The summed E-state index contributed by atoms with van der Waals surface area (Å²) in [5.74, 6) is -2.39. The minimum absolute atomic E-state index is 0.0899. The minimum Gasteiger partial charge on any atom is -0.386 e. The molecule has 0 saturated heterocycles. The Morgan fingerprint density at radius 2 is 1.61 bits per heavy atom. The summed E-state index contributed by atoms with van der Waals surface area (Å²) in [6, 6.07) is 11.6. The summed E-state index contributed by atoms with van der Waals surface area (Å²) in [4.78, 5) is 36.3. The lowest BCUT2D eigenvalue weighted by molar-refractivity contribution is -0.137. The van der Waals surface area contributed by atoms with Gasteiger partial charge >= 0.3 is 18.1 Å². The van der Waals surface area contributed by atoms with E-state index in [4.69, 9.17) is 0 Å². The highest BCUT2D eigenvalue weighted by Crippen LogP contribution is 2.32. The molecule has 140 valence electrons. The van der Waals surface area contributed by atoms with E-state index in [2.05, 4.69) is 10.1 Å². The van der Waals surface area contributed by atoms with E-state index in [-0.39, 0.29) is 22.4 Å². The molecule has 0 atom stereocenters. The molecule has 0 bridgehead atoms. The van der Waals surface area contributed by atoms with E-state index in [1.807, 2.05) is 0 Å². The highest BCUT2D eigenvalue weighted by atomic mass is 19.4. The topological polar surface area (TPSA) is 72.5 Å². The first kappa shape index (κ1) is 17.7. The number of hydrogen-bond donors (Lipinski definition) is 1. The molecule has 1 aliphatic rings. The van der Waals surface area contributed by atoms with Crippen LogP contribution >= 0.6 is 0 Å². The largest absolute Gasteiger partial charge is 0.416 e. The Morgan fingerprint density at radius 3 is 2.36 bits per heavy atom. The van der Waals surface area contributed by atoms with E-state index in [1.165, 1.54) is 24.3 Å². The van der Waals surface area contributed by atoms with Gasteiger partial charge in [0.05, 0.1) is 16.7 Å². The molecule has 0 saturated carbocycles. The summed E-state index contributed by atoms with van der Waals surface area (Å²) in [5.41, 5.74) is -0.626. The Labute approximate surface area is 155 Å². The zero-order chi connectivity index (χ0) is 20.1. The Balaban J connectivity index is 1.73. The molecular formula is C20H10F3NO4. The van der Waals surface area contributed by atoms with Gasteiger partial charge in [0.2, 0.25) is 0 Å². The average Bonchev–Trinajstić information content (AvgIpc) is 2.65. The lowest BCUT2D eigenvalue weighted by Gasteiger charge is -2.17. The van der Waals surface area contributed by atoms with Crippen LogP contribution in [-0.2, 0) is 10.9 Å². The van der Waals surface area contributed by atoms with Gasteiger partial charge in [0, 0.05) is 16.6 Å². The van der Waals surface area contributed by atoms with Crippen molar-refractivity contribution in [3.63, 3.8) is 0 Å². The average molecular weight is 385 g/mol. The van der Waals surface area contributed by atoms with Gasteiger partial charge in [-0.25, -0.2) is 9.59 Å². The maximum Gasteiger partial charge on any atom is 0.416 e. The zero-order valence-corrected chi connectivity index (χ0v) is 14.0. The van der Waals surface area contributed by atoms with Gasteiger partial charge in [0.15, 0.2) is 0 Å². The van der Waals surface area contributed by atoms with Crippen molar-refractivity contribution >= 4 is 34.3 Å². The van der Waals surface area contributed by atoms with Crippen LogP contribution in [0.5, 0.6) is 0 Å². The second kappa shape index (κ2) is 6.19. The molecular weight excluding hydrogens is 375 g/mol. The second-order valence-electron chi connectivity index (χ2n) is 6.14. The standard InChI is InChI=1S/C20H10F3NO4/c21-20(22,23)12-5-1-4-11(7-12)17(25)24-13-8-10-3-2-6-14-16(10)15(9-13)19(27)28-18(14)26/h1-9H,(H,24,25). The molecule has 0 aromatic heterocycles. The van der Waals surface area contributed by atoms with E-state index in [1.54, 1.807) is 12.1 Å². The minimum atomic E-state index is -4.57. The highest BCUT2D eigenvalue weighted by molar-refractivity contribution is 6.21. The van der Waals surface area contributed by atoms with Crippen LogP contribution in [-0.4, -0.2) is 17.8 Å². The van der Waals surface area contributed by atoms with E-state index in [9.17, 15) is 27.6 Å². The molecule has 0 unspecified atom stereocenters. The number of cyclic esters (lactones) is 2. The first-order valence-electron chi connectivity index (χ1n) is 8.06. The smallest absolute Gasteiger partial charge is 0.386 e. The number of rotatable bonds is 2. The Morgan fingerprint density at radius 1 is 0.893 bits per heavy atom. The molecule has 1 amide bonds. The lowest BCUT2D eigenvalue weighted by atomic mass is 9.96. The van der Waals surface area contributed by atoms with Crippen LogP contribution in [0, 0.1) is 0 Å². The van der Waals surface area contributed by atoms with Crippen molar-refractivity contribution in [3.05, 3.63) is 76.9 Å². The third-order valence-electron chi connectivity index (χ3n) is 4.31. The first-order chi connectivity index (χ1) is 13.2. The van der Waals surface area contributed by atoms with Gasteiger partial charge in [-0.05, 0) is 41.8 Å². The fraction of sp³-hybridized carbons (Fsp3) is 0.0500. The summed E-state index contributed by atoms with van der Waals surface area (Å²) < 4.78 is 43.2. The summed E-state index contributed by atoms with van der Waals surface area (Å²) >= 11 is 0. The molecule has 8 heteroatoms. The number of esters is 2. The quantitative estimate of drug-likeness (QED) is 0.524. The maximum absolute atomic E-state index is 12.8. The van der Waals surface area contributed by atoms with Crippen LogP contribution in [0.25, 0.3) is 10.8 Å². The number of benzene rings is 3. The molecule has 3 aromatic carbocycles. The van der Waals surface area contributed by atoms with Gasteiger partial charge in [-0.1, -0.05) is 18.2 Å². The molecule has 28 heavy (non-hydrogen) atoms. The predicted octanol–water partition coefficient (Wildman–Crippen LogP) is 4.42. The summed E-state index contributed by atoms with van der Waals surface area (Å²) in [5, 5.41) is 3.40. The Bertz CT molecular complexity index is 1170. The Kier molecular flexibility index (Phi) is 3.92. The second-order valence-corrected chi connectivity index (χ2v) is 6.14. The van der Waals surface area contributed by atoms with Crippen molar-refractivity contribution in [1.82, 2.24) is 0 Å². The number of ether oxygens (including phenoxy) is 1. The predicted molar refractivity (Wildman–Crippen MR) is 93.1 cm³/mol. The number of nitrogens with one attached hydrogen (secondary N) is 1. The monoisotopic (exact) mass is 385 g/mol. The van der Waals surface area contributed by atoms with Crippen molar-refractivity contribution in [1.29, 1.82) is 0 Å². The van der Waals surface area contributed by atoms with Crippen molar-refractivity contribution < 1.29 is 32.3 Å².